The smallest absolute Gasteiger partial charge is 0.321 e. The van der Waals surface area contributed by atoms with Crippen molar-refractivity contribution < 1.29 is 9.59 Å². The maximum Gasteiger partial charge on any atom is 0.321 e. The molecular formula is C12H23N3O2S. The molecule has 0 unspecified atom stereocenters. The zero-order valence-electron chi connectivity index (χ0n) is 11.1. The summed E-state index contributed by atoms with van der Waals surface area (Å²) in [6.07, 6.45) is 0.922. The highest BCUT2D eigenvalue weighted by Crippen LogP contribution is 2.11. The third-order valence-corrected chi connectivity index (χ3v) is 3.89. The Bertz CT molecular complexity index is 280. The highest BCUT2D eigenvalue weighted by Gasteiger charge is 2.17. The highest BCUT2D eigenvalue weighted by atomic mass is 32.2. The molecule has 3 amide bonds. The molecule has 0 saturated carbocycles. The van der Waals surface area contributed by atoms with E-state index in [1.807, 2.05) is 0 Å². The van der Waals surface area contributed by atoms with E-state index < -0.39 is 0 Å². The molecule has 0 atom stereocenters. The van der Waals surface area contributed by atoms with Crippen LogP contribution < -0.4 is 16.0 Å². The Balaban J connectivity index is 1.98. The quantitative estimate of drug-likeness (QED) is 0.642. The van der Waals surface area contributed by atoms with Crippen LogP contribution in [-0.2, 0) is 4.79 Å². The number of hydrogen-bond acceptors (Lipinski definition) is 4. The Morgan fingerprint density at radius 1 is 1.39 bits per heavy atom. The summed E-state index contributed by atoms with van der Waals surface area (Å²) in [5.41, 5.74) is 0. The lowest BCUT2D eigenvalue weighted by Crippen LogP contribution is -2.44. The van der Waals surface area contributed by atoms with Crippen molar-refractivity contribution in [3.8, 4) is 0 Å². The molecule has 0 bridgehead atoms. The molecule has 1 aliphatic heterocycles. The van der Waals surface area contributed by atoms with Crippen LogP contribution in [0.5, 0.6) is 0 Å². The van der Waals surface area contributed by atoms with Gasteiger partial charge in [0.2, 0.25) is 5.91 Å². The summed E-state index contributed by atoms with van der Waals surface area (Å²) in [6.45, 7) is 6.89. The summed E-state index contributed by atoms with van der Waals surface area (Å²) >= 11 is 1.58. The fraction of sp³-hybridized carbons (Fsp3) is 0.833. The number of urea groups is 1. The molecule has 1 heterocycles. The molecule has 1 aliphatic rings. The van der Waals surface area contributed by atoms with Gasteiger partial charge in [-0.15, -0.1) is 0 Å². The fourth-order valence-electron chi connectivity index (χ4n) is 1.47. The van der Waals surface area contributed by atoms with E-state index in [0.717, 1.165) is 25.3 Å². The van der Waals surface area contributed by atoms with Crippen molar-refractivity contribution >= 4 is 23.7 Å². The number of hydrogen-bond donors (Lipinski definition) is 3. The van der Waals surface area contributed by atoms with E-state index in [2.05, 4.69) is 29.8 Å². The second kappa shape index (κ2) is 8.37. The Morgan fingerprint density at radius 2 is 2.11 bits per heavy atom. The fourth-order valence-corrected chi connectivity index (χ4v) is 2.41. The minimum absolute atomic E-state index is 0.214. The lowest BCUT2D eigenvalue weighted by Gasteiger charge is -2.26. The predicted molar refractivity (Wildman–Crippen MR) is 74.7 cm³/mol. The third kappa shape index (κ3) is 6.86. The lowest BCUT2D eigenvalue weighted by atomic mass is 10.1. The van der Waals surface area contributed by atoms with E-state index in [4.69, 9.17) is 0 Å². The molecule has 18 heavy (non-hydrogen) atoms. The van der Waals surface area contributed by atoms with Crippen LogP contribution in [0, 0.1) is 11.8 Å². The number of nitrogens with one attached hydrogen (secondary N) is 3. The molecule has 5 nitrogen and oxygen atoms in total. The average molecular weight is 273 g/mol. The van der Waals surface area contributed by atoms with Crippen molar-refractivity contribution in [2.24, 2.45) is 11.8 Å². The first-order chi connectivity index (χ1) is 8.58. The number of carbonyl (C=O) groups is 2. The van der Waals surface area contributed by atoms with E-state index >= 15 is 0 Å². The van der Waals surface area contributed by atoms with Gasteiger partial charge in [-0.2, -0.15) is 11.8 Å². The van der Waals surface area contributed by atoms with E-state index in [-0.39, 0.29) is 11.9 Å². The highest BCUT2D eigenvalue weighted by molar-refractivity contribution is 7.99. The van der Waals surface area contributed by atoms with Crippen LogP contribution >= 0.6 is 11.8 Å². The van der Waals surface area contributed by atoms with Crippen molar-refractivity contribution in [2.75, 3.05) is 31.1 Å². The molecule has 104 valence electrons. The maximum atomic E-state index is 11.4. The largest absolute Gasteiger partial charge is 0.338 e. The molecule has 0 aromatic rings. The molecule has 6 heteroatoms. The molecule has 0 aromatic carbocycles. The number of thioether (sulfide) groups is 1. The van der Waals surface area contributed by atoms with Crippen molar-refractivity contribution in [3.63, 3.8) is 0 Å². The summed E-state index contributed by atoms with van der Waals surface area (Å²) in [5.74, 6) is 2.35. The number of imide groups is 1. The molecule has 1 saturated heterocycles. The third-order valence-electron chi connectivity index (χ3n) is 2.71. The Hall–Kier alpha value is -0.750. The zero-order chi connectivity index (χ0) is 13.4. The SMILES string of the molecule is CC(C)CCNC(=O)NC(=O)CSCC1CNC1. The molecule has 0 spiro atoms. The van der Waals surface area contributed by atoms with Gasteiger partial charge in [-0.3, -0.25) is 10.1 Å². The van der Waals surface area contributed by atoms with E-state index in [1.54, 1.807) is 11.8 Å². The summed E-state index contributed by atoms with van der Waals surface area (Å²) in [5, 5.41) is 8.20. The van der Waals surface area contributed by atoms with Gasteiger partial charge in [0, 0.05) is 6.54 Å². The Labute approximate surface area is 113 Å². The Kier molecular flexibility index (Phi) is 7.12. The second-order valence-electron chi connectivity index (χ2n) is 5.03. The van der Waals surface area contributed by atoms with Crippen LogP contribution in [0.15, 0.2) is 0 Å². The molecule has 0 aromatic heterocycles. The minimum Gasteiger partial charge on any atom is -0.338 e. The van der Waals surface area contributed by atoms with Crippen LogP contribution in [0.1, 0.15) is 20.3 Å². The van der Waals surface area contributed by atoms with Gasteiger partial charge in [0.15, 0.2) is 0 Å². The number of rotatable bonds is 7. The zero-order valence-corrected chi connectivity index (χ0v) is 11.9. The van der Waals surface area contributed by atoms with Gasteiger partial charge in [0.1, 0.15) is 0 Å². The molecule has 0 aliphatic carbocycles. The van der Waals surface area contributed by atoms with Crippen LogP contribution in [-0.4, -0.2) is 43.1 Å². The van der Waals surface area contributed by atoms with Crippen LogP contribution in [0.25, 0.3) is 0 Å². The lowest BCUT2D eigenvalue weighted by molar-refractivity contribution is -0.117. The molecule has 1 fully saturated rings. The molecule has 1 rings (SSSR count). The van der Waals surface area contributed by atoms with Gasteiger partial charge in [-0.05, 0) is 37.1 Å². The van der Waals surface area contributed by atoms with Gasteiger partial charge in [-0.1, -0.05) is 13.8 Å². The second-order valence-corrected chi connectivity index (χ2v) is 6.06. The summed E-state index contributed by atoms with van der Waals surface area (Å²) < 4.78 is 0. The van der Waals surface area contributed by atoms with Gasteiger partial charge in [0.05, 0.1) is 5.75 Å². The predicted octanol–water partition coefficient (Wildman–Crippen LogP) is 0.811. The molecule has 3 N–H and O–H groups in total. The van der Waals surface area contributed by atoms with Crippen molar-refractivity contribution in [1.82, 2.24) is 16.0 Å². The molecule has 0 radical (unpaired) electrons. The van der Waals surface area contributed by atoms with Gasteiger partial charge < -0.3 is 10.6 Å². The van der Waals surface area contributed by atoms with E-state index in [1.165, 1.54) is 0 Å². The van der Waals surface area contributed by atoms with Gasteiger partial charge in [0.25, 0.3) is 0 Å². The summed E-state index contributed by atoms with van der Waals surface area (Å²) in [7, 11) is 0. The van der Waals surface area contributed by atoms with Gasteiger partial charge >= 0.3 is 6.03 Å². The van der Waals surface area contributed by atoms with Crippen molar-refractivity contribution in [2.45, 2.75) is 20.3 Å². The first-order valence-electron chi connectivity index (χ1n) is 6.44. The first kappa shape index (κ1) is 15.3. The van der Waals surface area contributed by atoms with Crippen LogP contribution in [0.3, 0.4) is 0 Å². The summed E-state index contributed by atoms with van der Waals surface area (Å²) in [6, 6.07) is -0.383. The minimum atomic E-state index is -0.383. The average Bonchev–Trinajstić information content (AvgIpc) is 2.21. The topological polar surface area (TPSA) is 70.2 Å². The van der Waals surface area contributed by atoms with Gasteiger partial charge in [-0.25, -0.2) is 4.79 Å². The van der Waals surface area contributed by atoms with Crippen LogP contribution in [0.4, 0.5) is 4.79 Å². The number of amides is 3. The normalized spacial score (nSPS) is 15.3. The summed E-state index contributed by atoms with van der Waals surface area (Å²) in [4.78, 5) is 22.8. The molecular weight excluding hydrogens is 250 g/mol. The van der Waals surface area contributed by atoms with Crippen molar-refractivity contribution in [3.05, 3.63) is 0 Å². The standard InChI is InChI=1S/C12H23N3O2S/c1-9(2)3-4-14-12(17)15-11(16)8-18-7-10-5-13-6-10/h9-10,13H,3-8H2,1-2H3,(H2,14,15,16,17). The monoisotopic (exact) mass is 273 g/mol. The van der Waals surface area contributed by atoms with E-state index in [9.17, 15) is 9.59 Å². The first-order valence-corrected chi connectivity index (χ1v) is 7.59. The number of carbonyl (C=O) groups excluding carboxylic acids is 2. The van der Waals surface area contributed by atoms with Crippen LogP contribution in [0.2, 0.25) is 0 Å². The van der Waals surface area contributed by atoms with Crippen molar-refractivity contribution in [1.29, 1.82) is 0 Å². The maximum absolute atomic E-state index is 11.4. The van der Waals surface area contributed by atoms with E-state index in [0.29, 0.717) is 24.1 Å². The Morgan fingerprint density at radius 3 is 2.67 bits per heavy atom.